The Morgan fingerprint density at radius 1 is 1.00 bits per heavy atom. The van der Waals surface area contributed by atoms with Gasteiger partial charge in [0.25, 0.3) is 11.7 Å². The van der Waals surface area contributed by atoms with Crippen LogP contribution in [0, 0.1) is 6.92 Å². The number of Topliss-reactive ketones (excluding diaryl/α,β-unsaturated/α-hetero) is 1. The number of ketones is 1. The maximum atomic E-state index is 13.2. The molecule has 1 unspecified atom stereocenters. The first kappa shape index (κ1) is 22.1. The van der Waals surface area contributed by atoms with Crippen LogP contribution in [0.25, 0.3) is 5.76 Å². The topological polar surface area (TPSA) is 89.0 Å². The predicted octanol–water partition coefficient (Wildman–Crippen LogP) is 4.03. The molecule has 1 aliphatic rings. The highest BCUT2D eigenvalue weighted by Gasteiger charge is 2.47. The van der Waals surface area contributed by atoms with Crippen LogP contribution in [0.2, 0.25) is 0 Å². The van der Waals surface area contributed by atoms with Crippen molar-refractivity contribution in [3.05, 3.63) is 94.8 Å². The number of aliphatic hydroxyl groups is 1. The molecule has 1 aliphatic heterocycles. The van der Waals surface area contributed by atoms with E-state index in [0.717, 1.165) is 11.1 Å². The zero-order valence-corrected chi connectivity index (χ0v) is 18.6. The summed E-state index contributed by atoms with van der Waals surface area (Å²) in [5.74, 6) is -0.799. The van der Waals surface area contributed by atoms with E-state index in [-0.39, 0.29) is 17.9 Å². The average molecular weight is 444 g/mol. The summed E-state index contributed by atoms with van der Waals surface area (Å²) in [4.78, 5) is 32.2. The predicted molar refractivity (Wildman–Crippen MR) is 123 cm³/mol. The number of nitrogens with zero attached hydrogens (tertiary/aromatic N) is 2. The zero-order chi connectivity index (χ0) is 23.5. The van der Waals surface area contributed by atoms with Crippen molar-refractivity contribution < 1.29 is 24.2 Å². The minimum Gasteiger partial charge on any atom is -0.507 e. The molecule has 7 nitrogen and oxygen atoms in total. The molecule has 2 heterocycles. The Bertz CT molecular complexity index is 1240. The molecule has 1 amide bonds. The van der Waals surface area contributed by atoms with Gasteiger partial charge in [-0.05, 0) is 37.3 Å². The summed E-state index contributed by atoms with van der Waals surface area (Å²) in [5.41, 5.74) is 2.39. The van der Waals surface area contributed by atoms with Gasteiger partial charge in [-0.15, -0.1) is 0 Å². The summed E-state index contributed by atoms with van der Waals surface area (Å²) >= 11 is 0. The molecule has 1 saturated heterocycles. The highest BCUT2D eigenvalue weighted by Crippen LogP contribution is 2.41. The van der Waals surface area contributed by atoms with E-state index in [1.807, 2.05) is 31.2 Å². The Hall–Kier alpha value is -4.13. The lowest BCUT2D eigenvalue weighted by Crippen LogP contribution is -2.29. The van der Waals surface area contributed by atoms with Gasteiger partial charge in [0.15, 0.2) is 0 Å². The first-order valence-electron chi connectivity index (χ1n) is 10.4. The molecular weight excluding hydrogens is 420 g/mol. The number of carbonyl (C=O) groups is 2. The van der Waals surface area contributed by atoms with Gasteiger partial charge >= 0.3 is 0 Å². The number of pyridine rings is 1. The van der Waals surface area contributed by atoms with Gasteiger partial charge in [-0.2, -0.15) is 0 Å². The summed E-state index contributed by atoms with van der Waals surface area (Å²) < 4.78 is 10.8. The fourth-order valence-electron chi connectivity index (χ4n) is 4.06. The van der Waals surface area contributed by atoms with E-state index in [1.54, 1.807) is 49.7 Å². The third-order valence-corrected chi connectivity index (χ3v) is 5.65. The van der Waals surface area contributed by atoms with Gasteiger partial charge in [0, 0.05) is 11.8 Å². The van der Waals surface area contributed by atoms with Crippen LogP contribution in [0.15, 0.2) is 72.4 Å². The molecule has 0 bridgehead atoms. The van der Waals surface area contributed by atoms with Gasteiger partial charge in [-0.25, -0.2) is 0 Å². The van der Waals surface area contributed by atoms with E-state index in [1.165, 1.54) is 12.0 Å². The molecule has 2 aromatic carbocycles. The van der Waals surface area contributed by atoms with Crippen LogP contribution in [-0.4, -0.2) is 40.9 Å². The second-order valence-electron chi connectivity index (χ2n) is 7.70. The lowest BCUT2D eigenvalue weighted by molar-refractivity contribution is -0.140. The molecule has 3 aromatic rings. The molecule has 0 aliphatic carbocycles. The van der Waals surface area contributed by atoms with Gasteiger partial charge in [0.05, 0.1) is 37.6 Å². The number of benzene rings is 2. The number of aliphatic hydroxyl groups excluding tert-OH is 1. The zero-order valence-electron chi connectivity index (χ0n) is 18.6. The van der Waals surface area contributed by atoms with Crippen LogP contribution in [-0.2, 0) is 16.1 Å². The third-order valence-electron chi connectivity index (χ3n) is 5.65. The molecule has 1 aromatic heterocycles. The molecule has 168 valence electrons. The summed E-state index contributed by atoms with van der Waals surface area (Å²) in [6.07, 6.45) is 1.59. The Labute approximate surface area is 191 Å². The maximum absolute atomic E-state index is 13.2. The Kier molecular flexibility index (Phi) is 6.13. The van der Waals surface area contributed by atoms with E-state index < -0.39 is 17.7 Å². The molecule has 1 N–H and O–H groups in total. The number of likely N-dealkylation sites (tertiary alicyclic amines) is 1. The van der Waals surface area contributed by atoms with E-state index in [4.69, 9.17) is 9.47 Å². The number of aryl methyl sites for hydroxylation is 1. The van der Waals surface area contributed by atoms with Crippen LogP contribution in [0.1, 0.15) is 28.4 Å². The van der Waals surface area contributed by atoms with Gasteiger partial charge in [0.1, 0.15) is 23.3 Å². The molecule has 33 heavy (non-hydrogen) atoms. The van der Waals surface area contributed by atoms with E-state index in [9.17, 15) is 14.7 Å². The number of carbonyl (C=O) groups excluding carboxylic acids is 2. The maximum Gasteiger partial charge on any atom is 0.296 e. The monoisotopic (exact) mass is 444 g/mol. The van der Waals surface area contributed by atoms with Gasteiger partial charge < -0.3 is 19.5 Å². The van der Waals surface area contributed by atoms with Crippen LogP contribution in [0.5, 0.6) is 11.5 Å². The molecule has 0 saturated carbocycles. The SMILES string of the molecule is COc1ccccc1CN1C(=O)C(=O)/C(=C(/O)c2cc(C)ccc2OC)C1c1ccccn1. The first-order valence-corrected chi connectivity index (χ1v) is 10.4. The number of hydrogen-bond donors (Lipinski definition) is 1. The van der Waals surface area contributed by atoms with Crippen molar-refractivity contribution in [3.8, 4) is 11.5 Å². The normalized spacial score (nSPS) is 17.3. The summed E-state index contributed by atoms with van der Waals surface area (Å²) in [6.45, 7) is 1.98. The van der Waals surface area contributed by atoms with Crippen LogP contribution >= 0.6 is 0 Å². The molecule has 4 rings (SSSR count). The van der Waals surface area contributed by atoms with Crippen molar-refractivity contribution in [2.75, 3.05) is 14.2 Å². The molecule has 0 radical (unpaired) electrons. The van der Waals surface area contributed by atoms with Crippen molar-refractivity contribution in [1.29, 1.82) is 0 Å². The third kappa shape index (κ3) is 4.05. The fraction of sp³-hybridized carbons (Fsp3) is 0.192. The van der Waals surface area contributed by atoms with Crippen molar-refractivity contribution in [1.82, 2.24) is 9.88 Å². The van der Waals surface area contributed by atoms with Gasteiger partial charge in [0.2, 0.25) is 0 Å². The highest BCUT2D eigenvalue weighted by molar-refractivity contribution is 6.46. The molecular formula is C26H24N2O5. The largest absolute Gasteiger partial charge is 0.507 e. The van der Waals surface area contributed by atoms with Crippen molar-refractivity contribution in [2.45, 2.75) is 19.5 Å². The quantitative estimate of drug-likeness (QED) is 0.351. The molecule has 7 heteroatoms. The number of hydrogen-bond acceptors (Lipinski definition) is 6. The Morgan fingerprint density at radius 2 is 1.73 bits per heavy atom. The van der Waals surface area contributed by atoms with Crippen LogP contribution in [0.4, 0.5) is 0 Å². The van der Waals surface area contributed by atoms with E-state index in [0.29, 0.717) is 22.8 Å². The highest BCUT2D eigenvalue weighted by atomic mass is 16.5. The minimum absolute atomic E-state index is 0.0301. The number of para-hydroxylation sites is 1. The summed E-state index contributed by atoms with van der Waals surface area (Å²) in [6, 6.07) is 16.9. The van der Waals surface area contributed by atoms with Crippen molar-refractivity contribution in [2.24, 2.45) is 0 Å². The summed E-state index contributed by atoms with van der Waals surface area (Å²) in [5, 5.41) is 11.3. The molecule has 0 spiro atoms. The van der Waals surface area contributed by atoms with Gasteiger partial charge in [-0.1, -0.05) is 35.9 Å². The van der Waals surface area contributed by atoms with E-state index in [2.05, 4.69) is 4.98 Å². The standard InChI is InChI=1S/C26H24N2O5/c1-16-11-12-21(33-3)18(14-16)24(29)22-23(19-9-6-7-13-27-19)28(26(31)25(22)30)15-17-8-4-5-10-20(17)32-2/h4-14,23,29H,15H2,1-3H3/b24-22+. The second-order valence-corrected chi connectivity index (χ2v) is 7.70. The van der Waals surface area contributed by atoms with Gasteiger partial charge in [-0.3, -0.25) is 14.6 Å². The van der Waals surface area contributed by atoms with Crippen LogP contribution < -0.4 is 9.47 Å². The lowest BCUT2D eigenvalue weighted by Gasteiger charge is -2.25. The fourth-order valence-corrected chi connectivity index (χ4v) is 4.06. The lowest BCUT2D eigenvalue weighted by atomic mass is 9.97. The number of amides is 1. The minimum atomic E-state index is -0.874. The number of methoxy groups -OCH3 is 2. The number of rotatable bonds is 6. The summed E-state index contributed by atoms with van der Waals surface area (Å²) in [7, 11) is 3.03. The van der Waals surface area contributed by atoms with Crippen LogP contribution in [0.3, 0.4) is 0 Å². The Balaban J connectivity index is 1.90. The molecule has 1 atom stereocenters. The number of aromatic nitrogens is 1. The first-order chi connectivity index (χ1) is 16.0. The van der Waals surface area contributed by atoms with Crippen molar-refractivity contribution in [3.63, 3.8) is 0 Å². The van der Waals surface area contributed by atoms with Crippen molar-refractivity contribution >= 4 is 17.4 Å². The second kappa shape index (κ2) is 9.16. The van der Waals surface area contributed by atoms with E-state index >= 15 is 0 Å². The number of ether oxygens (including phenoxy) is 2. The Morgan fingerprint density at radius 3 is 2.42 bits per heavy atom. The average Bonchev–Trinajstić information content (AvgIpc) is 3.09. The smallest absolute Gasteiger partial charge is 0.296 e. The molecule has 1 fully saturated rings.